The number of rotatable bonds is 6. The van der Waals surface area contributed by atoms with Crippen molar-refractivity contribution in [1.82, 2.24) is 10.0 Å². The normalized spacial score (nSPS) is 17.4. The molecule has 0 saturated heterocycles. The molecule has 5 nitrogen and oxygen atoms in total. The highest BCUT2D eigenvalue weighted by atomic mass is 32.2. The standard InChI is InChI=1S/C12H19N3O2S/c1-9(13-2)11-5-3-4-6-12(11)15-18(16,17)14-10-7-8-10/h3-6,9-10,13-15H,7-8H2,1-2H3. The molecule has 0 radical (unpaired) electrons. The van der Waals surface area contributed by atoms with Crippen molar-refractivity contribution in [2.45, 2.75) is 31.8 Å². The molecule has 1 atom stereocenters. The van der Waals surface area contributed by atoms with Gasteiger partial charge in [0.2, 0.25) is 0 Å². The highest BCUT2D eigenvalue weighted by Gasteiger charge is 2.27. The van der Waals surface area contributed by atoms with E-state index >= 15 is 0 Å². The van der Waals surface area contributed by atoms with Crippen molar-refractivity contribution in [2.75, 3.05) is 11.8 Å². The van der Waals surface area contributed by atoms with Gasteiger partial charge in [-0.25, -0.2) is 0 Å². The number of hydrogen-bond acceptors (Lipinski definition) is 3. The maximum atomic E-state index is 11.9. The summed E-state index contributed by atoms with van der Waals surface area (Å²) in [5, 5.41) is 3.11. The predicted octanol–water partition coefficient (Wildman–Crippen LogP) is 1.38. The second kappa shape index (κ2) is 5.26. The van der Waals surface area contributed by atoms with E-state index < -0.39 is 10.2 Å². The molecular formula is C12H19N3O2S. The van der Waals surface area contributed by atoms with Crippen LogP contribution < -0.4 is 14.8 Å². The van der Waals surface area contributed by atoms with Gasteiger partial charge >= 0.3 is 0 Å². The predicted molar refractivity (Wildman–Crippen MR) is 72.6 cm³/mol. The van der Waals surface area contributed by atoms with Crippen molar-refractivity contribution in [3.63, 3.8) is 0 Å². The second-order valence-electron chi connectivity index (χ2n) is 4.60. The van der Waals surface area contributed by atoms with E-state index in [1.165, 1.54) is 0 Å². The van der Waals surface area contributed by atoms with E-state index in [1.807, 2.05) is 32.2 Å². The van der Waals surface area contributed by atoms with Crippen molar-refractivity contribution in [3.05, 3.63) is 29.8 Å². The van der Waals surface area contributed by atoms with Crippen LogP contribution in [0.5, 0.6) is 0 Å². The zero-order valence-corrected chi connectivity index (χ0v) is 11.4. The van der Waals surface area contributed by atoms with Crippen LogP contribution in [0.2, 0.25) is 0 Å². The number of hydrogen-bond donors (Lipinski definition) is 3. The third kappa shape index (κ3) is 3.44. The first-order valence-electron chi connectivity index (χ1n) is 6.08. The average molecular weight is 269 g/mol. The van der Waals surface area contributed by atoms with Gasteiger partial charge in [0.05, 0.1) is 5.69 Å². The van der Waals surface area contributed by atoms with E-state index in [0.717, 1.165) is 18.4 Å². The largest absolute Gasteiger partial charge is 0.313 e. The Morgan fingerprint density at radius 3 is 2.56 bits per heavy atom. The smallest absolute Gasteiger partial charge is 0.299 e. The first-order valence-corrected chi connectivity index (χ1v) is 7.56. The van der Waals surface area contributed by atoms with Crippen LogP contribution in [0.4, 0.5) is 5.69 Å². The Bertz CT molecular complexity index is 512. The summed E-state index contributed by atoms with van der Waals surface area (Å²) in [6.45, 7) is 1.99. The minimum absolute atomic E-state index is 0.0878. The third-order valence-electron chi connectivity index (χ3n) is 3.00. The maximum absolute atomic E-state index is 11.9. The molecule has 0 spiro atoms. The monoisotopic (exact) mass is 269 g/mol. The molecule has 0 aromatic heterocycles. The zero-order chi connectivity index (χ0) is 13.2. The lowest BCUT2D eigenvalue weighted by atomic mass is 10.1. The van der Waals surface area contributed by atoms with Crippen molar-refractivity contribution in [2.24, 2.45) is 0 Å². The molecule has 1 fully saturated rings. The molecule has 1 unspecified atom stereocenters. The number of anilines is 1. The highest BCUT2D eigenvalue weighted by Crippen LogP contribution is 2.24. The van der Waals surface area contributed by atoms with Crippen LogP contribution in [-0.4, -0.2) is 21.5 Å². The van der Waals surface area contributed by atoms with Gasteiger partial charge in [-0.2, -0.15) is 13.1 Å². The summed E-state index contributed by atoms with van der Waals surface area (Å²) >= 11 is 0. The van der Waals surface area contributed by atoms with Crippen LogP contribution in [0.3, 0.4) is 0 Å². The van der Waals surface area contributed by atoms with E-state index in [9.17, 15) is 8.42 Å². The van der Waals surface area contributed by atoms with Gasteiger partial charge in [0.15, 0.2) is 0 Å². The average Bonchev–Trinajstić information content (AvgIpc) is 3.11. The number of nitrogens with one attached hydrogen (secondary N) is 3. The maximum Gasteiger partial charge on any atom is 0.299 e. The van der Waals surface area contributed by atoms with Crippen LogP contribution >= 0.6 is 0 Å². The van der Waals surface area contributed by atoms with Crippen LogP contribution in [0.1, 0.15) is 31.4 Å². The molecule has 0 heterocycles. The Morgan fingerprint density at radius 2 is 1.94 bits per heavy atom. The topological polar surface area (TPSA) is 70.2 Å². The molecule has 1 saturated carbocycles. The van der Waals surface area contributed by atoms with Crippen molar-refractivity contribution in [3.8, 4) is 0 Å². The first-order chi connectivity index (χ1) is 8.52. The Kier molecular flexibility index (Phi) is 3.89. The molecule has 0 aliphatic heterocycles. The summed E-state index contributed by atoms with van der Waals surface area (Å²) in [4.78, 5) is 0. The number of benzene rings is 1. The minimum atomic E-state index is -3.46. The van der Waals surface area contributed by atoms with Gasteiger partial charge in [-0.1, -0.05) is 18.2 Å². The Labute approximate surface area is 108 Å². The van der Waals surface area contributed by atoms with Gasteiger partial charge < -0.3 is 5.32 Å². The molecule has 1 aromatic carbocycles. The van der Waals surface area contributed by atoms with E-state index in [0.29, 0.717) is 5.69 Å². The van der Waals surface area contributed by atoms with Crippen molar-refractivity contribution >= 4 is 15.9 Å². The highest BCUT2D eigenvalue weighted by molar-refractivity contribution is 7.90. The molecule has 1 aliphatic rings. The van der Waals surface area contributed by atoms with Gasteiger partial charge in [-0.05, 0) is 38.4 Å². The molecule has 1 aromatic rings. The van der Waals surface area contributed by atoms with Gasteiger partial charge in [-0.15, -0.1) is 0 Å². The molecule has 100 valence electrons. The lowest BCUT2D eigenvalue weighted by Crippen LogP contribution is -2.32. The molecule has 6 heteroatoms. The minimum Gasteiger partial charge on any atom is -0.313 e. The summed E-state index contributed by atoms with van der Waals surface area (Å²) in [7, 11) is -1.62. The Hall–Kier alpha value is -1.11. The van der Waals surface area contributed by atoms with Crippen molar-refractivity contribution < 1.29 is 8.42 Å². The first kappa shape index (κ1) is 13.3. The molecule has 2 rings (SSSR count). The fraction of sp³-hybridized carbons (Fsp3) is 0.500. The van der Waals surface area contributed by atoms with E-state index in [2.05, 4.69) is 14.8 Å². The molecule has 0 amide bonds. The van der Waals surface area contributed by atoms with Gasteiger partial charge in [0, 0.05) is 12.1 Å². The third-order valence-corrected chi connectivity index (χ3v) is 4.14. The molecule has 3 N–H and O–H groups in total. The summed E-state index contributed by atoms with van der Waals surface area (Å²) in [6, 6.07) is 7.60. The van der Waals surface area contributed by atoms with E-state index in [1.54, 1.807) is 6.07 Å². The molecule has 18 heavy (non-hydrogen) atoms. The molecule has 0 bridgehead atoms. The van der Waals surface area contributed by atoms with Crippen LogP contribution in [0.15, 0.2) is 24.3 Å². The van der Waals surface area contributed by atoms with Crippen LogP contribution in [0, 0.1) is 0 Å². The fourth-order valence-corrected chi connectivity index (χ4v) is 2.93. The lowest BCUT2D eigenvalue weighted by molar-refractivity contribution is 0.586. The second-order valence-corrected chi connectivity index (χ2v) is 6.04. The summed E-state index contributed by atoms with van der Waals surface area (Å²) < 4.78 is 28.9. The van der Waals surface area contributed by atoms with Gasteiger partial charge in [0.25, 0.3) is 10.2 Å². The van der Waals surface area contributed by atoms with Crippen LogP contribution in [0.25, 0.3) is 0 Å². The van der Waals surface area contributed by atoms with Crippen LogP contribution in [-0.2, 0) is 10.2 Å². The quantitative estimate of drug-likeness (QED) is 0.730. The zero-order valence-electron chi connectivity index (χ0n) is 10.6. The molecular weight excluding hydrogens is 250 g/mol. The molecule has 1 aliphatic carbocycles. The Morgan fingerprint density at radius 1 is 1.28 bits per heavy atom. The number of para-hydroxylation sites is 1. The van der Waals surface area contributed by atoms with E-state index in [-0.39, 0.29) is 12.1 Å². The van der Waals surface area contributed by atoms with E-state index in [4.69, 9.17) is 0 Å². The van der Waals surface area contributed by atoms with Gasteiger partial charge in [-0.3, -0.25) is 4.72 Å². The summed E-state index contributed by atoms with van der Waals surface area (Å²) in [5.41, 5.74) is 1.55. The SMILES string of the molecule is CNC(C)c1ccccc1NS(=O)(=O)NC1CC1. The van der Waals surface area contributed by atoms with Crippen molar-refractivity contribution in [1.29, 1.82) is 0 Å². The van der Waals surface area contributed by atoms with Gasteiger partial charge in [0.1, 0.15) is 0 Å². The summed E-state index contributed by atoms with van der Waals surface area (Å²) in [6.07, 6.45) is 1.85. The summed E-state index contributed by atoms with van der Waals surface area (Å²) in [5.74, 6) is 0. The lowest BCUT2D eigenvalue weighted by Gasteiger charge is -2.17. The fourth-order valence-electron chi connectivity index (χ4n) is 1.72. The Balaban J connectivity index is 2.17.